The zero-order valence-corrected chi connectivity index (χ0v) is 20.4. The Morgan fingerprint density at radius 2 is 1.63 bits per heavy atom. The van der Waals surface area contributed by atoms with E-state index in [9.17, 15) is 4.79 Å². The normalized spacial score (nSPS) is 11.1. The van der Waals surface area contributed by atoms with Crippen molar-refractivity contribution in [1.82, 2.24) is 24.5 Å². The highest BCUT2D eigenvalue weighted by molar-refractivity contribution is 7.99. The average molecular weight is 485 g/mol. The lowest BCUT2D eigenvalue weighted by Gasteiger charge is -2.10. The van der Waals surface area contributed by atoms with Crippen LogP contribution in [0.15, 0.2) is 82.6 Å². The van der Waals surface area contributed by atoms with Gasteiger partial charge in [-0.05, 0) is 51.1 Å². The summed E-state index contributed by atoms with van der Waals surface area (Å²) in [6, 6.07) is 21.6. The first-order valence-corrected chi connectivity index (χ1v) is 12.1. The number of hydrogen-bond donors (Lipinski definition) is 1. The van der Waals surface area contributed by atoms with Gasteiger partial charge < -0.3 is 9.73 Å². The number of nitrogens with one attached hydrogen (secondary N) is 1. The van der Waals surface area contributed by atoms with E-state index >= 15 is 0 Å². The Morgan fingerprint density at radius 1 is 0.943 bits per heavy atom. The number of amides is 1. The molecule has 0 aliphatic heterocycles. The van der Waals surface area contributed by atoms with E-state index in [1.165, 1.54) is 11.8 Å². The molecule has 35 heavy (non-hydrogen) atoms. The summed E-state index contributed by atoms with van der Waals surface area (Å²) in [5.41, 5.74) is 5.07. The summed E-state index contributed by atoms with van der Waals surface area (Å²) in [6.45, 7) is 5.72. The van der Waals surface area contributed by atoms with Crippen LogP contribution in [-0.2, 0) is 4.79 Å². The van der Waals surface area contributed by atoms with Crippen LogP contribution in [-0.4, -0.2) is 36.2 Å². The van der Waals surface area contributed by atoms with Gasteiger partial charge in [0.25, 0.3) is 0 Å². The molecule has 0 fully saturated rings. The third-order valence-electron chi connectivity index (χ3n) is 5.64. The van der Waals surface area contributed by atoms with Crippen LogP contribution in [0.5, 0.6) is 0 Å². The van der Waals surface area contributed by atoms with Gasteiger partial charge in [0.1, 0.15) is 5.76 Å². The fourth-order valence-electron chi connectivity index (χ4n) is 3.91. The number of nitrogens with zero attached hydrogens (tertiary/aromatic N) is 5. The van der Waals surface area contributed by atoms with Crippen LogP contribution in [0.3, 0.4) is 0 Å². The van der Waals surface area contributed by atoms with Crippen molar-refractivity contribution >= 4 is 23.4 Å². The highest BCUT2D eigenvalue weighted by atomic mass is 32.2. The minimum absolute atomic E-state index is 0.141. The largest absolute Gasteiger partial charge is 0.469 e. The van der Waals surface area contributed by atoms with Crippen LogP contribution in [0, 0.1) is 20.8 Å². The molecule has 0 atom stereocenters. The van der Waals surface area contributed by atoms with E-state index < -0.39 is 0 Å². The maximum absolute atomic E-state index is 12.9. The molecule has 5 aromatic rings. The smallest absolute Gasteiger partial charge is 0.234 e. The predicted molar refractivity (Wildman–Crippen MR) is 136 cm³/mol. The monoisotopic (exact) mass is 484 g/mol. The van der Waals surface area contributed by atoms with Crippen molar-refractivity contribution in [3.63, 3.8) is 0 Å². The van der Waals surface area contributed by atoms with E-state index in [-0.39, 0.29) is 11.7 Å². The molecule has 176 valence electrons. The van der Waals surface area contributed by atoms with E-state index in [1.54, 1.807) is 6.26 Å². The number of benzene rings is 2. The quantitative estimate of drug-likeness (QED) is 0.312. The Bertz CT molecular complexity index is 1470. The zero-order chi connectivity index (χ0) is 24.4. The summed E-state index contributed by atoms with van der Waals surface area (Å²) in [6.07, 6.45) is 1.63. The van der Waals surface area contributed by atoms with E-state index in [2.05, 4.69) is 20.6 Å². The van der Waals surface area contributed by atoms with Crippen LogP contribution in [0.25, 0.3) is 22.8 Å². The Balaban J connectivity index is 1.37. The topological polar surface area (TPSA) is 90.8 Å². The number of hydrogen-bond acceptors (Lipinski definition) is 6. The molecule has 0 bridgehead atoms. The first-order chi connectivity index (χ1) is 17.0. The number of aryl methyl sites for hydroxylation is 2. The van der Waals surface area contributed by atoms with E-state index in [1.807, 2.05) is 96.8 Å². The van der Waals surface area contributed by atoms with Gasteiger partial charge in [0, 0.05) is 5.69 Å². The molecule has 1 N–H and O–H groups in total. The first-order valence-electron chi connectivity index (χ1n) is 11.1. The maximum atomic E-state index is 12.9. The fourth-order valence-corrected chi connectivity index (χ4v) is 4.67. The van der Waals surface area contributed by atoms with Crippen molar-refractivity contribution in [3.8, 4) is 22.8 Å². The van der Waals surface area contributed by atoms with Crippen molar-refractivity contribution in [2.45, 2.75) is 25.9 Å². The second kappa shape index (κ2) is 9.63. The molecular weight excluding hydrogens is 460 g/mol. The summed E-state index contributed by atoms with van der Waals surface area (Å²) in [5, 5.41) is 17.0. The van der Waals surface area contributed by atoms with Crippen molar-refractivity contribution < 1.29 is 9.21 Å². The molecule has 0 radical (unpaired) electrons. The Labute approximate surface area is 207 Å². The predicted octanol–water partition coefficient (Wildman–Crippen LogP) is 5.37. The number of para-hydroxylation sites is 2. The third kappa shape index (κ3) is 4.50. The molecule has 1 amide bonds. The van der Waals surface area contributed by atoms with E-state index in [0.717, 1.165) is 39.8 Å². The number of rotatable bonds is 7. The standard InChI is InChI=1S/C26H24N6O2S/c1-17-24(18(2)32(30-17)21-12-8-5-9-13-21)27-23(33)16-35-26-29-28-25(22-14-15-34-19(22)3)31(26)20-10-6-4-7-11-20/h4-15H,16H2,1-3H3,(H,27,33). The molecule has 0 aliphatic carbocycles. The highest BCUT2D eigenvalue weighted by Crippen LogP contribution is 2.30. The van der Waals surface area contributed by atoms with Gasteiger partial charge in [0.05, 0.1) is 40.3 Å². The second-order valence-electron chi connectivity index (χ2n) is 8.00. The first kappa shape index (κ1) is 22.7. The van der Waals surface area contributed by atoms with E-state index in [4.69, 9.17) is 4.42 Å². The average Bonchev–Trinajstić information content (AvgIpc) is 3.57. The van der Waals surface area contributed by atoms with Crippen molar-refractivity contribution in [2.24, 2.45) is 0 Å². The summed E-state index contributed by atoms with van der Waals surface area (Å²) in [7, 11) is 0. The Kier molecular flexibility index (Phi) is 6.24. The van der Waals surface area contributed by atoms with Crippen LogP contribution in [0.2, 0.25) is 0 Å². The molecule has 9 heteroatoms. The van der Waals surface area contributed by atoms with Gasteiger partial charge in [-0.15, -0.1) is 10.2 Å². The van der Waals surface area contributed by atoms with Gasteiger partial charge in [-0.3, -0.25) is 9.36 Å². The summed E-state index contributed by atoms with van der Waals surface area (Å²) in [5.74, 6) is 1.45. The van der Waals surface area contributed by atoms with Gasteiger partial charge >= 0.3 is 0 Å². The van der Waals surface area contributed by atoms with Crippen molar-refractivity contribution in [1.29, 1.82) is 0 Å². The van der Waals surface area contributed by atoms with Crippen molar-refractivity contribution in [2.75, 3.05) is 11.1 Å². The molecule has 8 nitrogen and oxygen atoms in total. The number of aromatic nitrogens is 5. The number of carbonyl (C=O) groups is 1. The lowest BCUT2D eigenvalue weighted by molar-refractivity contribution is -0.113. The van der Waals surface area contributed by atoms with Gasteiger partial charge in [-0.1, -0.05) is 48.2 Å². The molecule has 3 heterocycles. The molecule has 5 rings (SSSR count). The Morgan fingerprint density at radius 3 is 2.29 bits per heavy atom. The molecule has 3 aromatic heterocycles. The lowest BCUT2D eigenvalue weighted by atomic mass is 10.2. The molecule has 0 saturated carbocycles. The Hall–Kier alpha value is -4.11. The SMILES string of the molecule is Cc1nn(-c2ccccc2)c(C)c1NC(=O)CSc1nnc(-c2ccoc2C)n1-c1ccccc1. The molecule has 0 saturated heterocycles. The van der Waals surface area contributed by atoms with E-state index in [0.29, 0.717) is 11.0 Å². The van der Waals surface area contributed by atoms with Crippen LogP contribution in [0.1, 0.15) is 17.1 Å². The van der Waals surface area contributed by atoms with Crippen LogP contribution >= 0.6 is 11.8 Å². The minimum atomic E-state index is -0.141. The van der Waals surface area contributed by atoms with Crippen molar-refractivity contribution in [3.05, 3.63) is 90.1 Å². The molecule has 0 spiro atoms. The van der Waals surface area contributed by atoms with Gasteiger partial charge in [0.2, 0.25) is 5.91 Å². The molecule has 0 aliphatic rings. The number of anilines is 1. The zero-order valence-electron chi connectivity index (χ0n) is 19.6. The number of thioether (sulfide) groups is 1. The molecule has 0 unspecified atom stereocenters. The van der Waals surface area contributed by atoms with Gasteiger partial charge in [0.15, 0.2) is 11.0 Å². The number of furan rings is 1. The summed E-state index contributed by atoms with van der Waals surface area (Å²) < 4.78 is 9.26. The summed E-state index contributed by atoms with van der Waals surface area (Å²) >= 11 is 1.33. The van der Waals surface area contributed by atoms with Crippen LogP contribution in [0.4, 0.5) is 5.69 Å². The van der Waals surface area contributed by atoms with Crippen LogP contribution < -0.4 is 5.32 Å². The molecular formula is C26H24N6O2S. The molecule has 2 aromatic carbocycles. The highest BCUT2D eigenvalue weighted by Gasteiger charge is 2.21. The second-order valence-corrected chi connectivity index (χ2v) is 8.94. The summed E-state index contributed by atoms with van der Waals surface area (Å²) in [4.78, 5) is 12.9. The fraction of sp³-hybridized carbons (Fsp3) is 0.154. The maximum Gasteiger partial charge on any atom is 0.234 e. The van der Waals surface area contributed by atoms with Gasteiger partial charge in [-0.25, -0.2) is 4.68 Å². The van der Waals surface area contributed by atoms with Gasteiger partial charge in [-0.2, -0.15) is 5.10 Å². The lowest BCUT2D eigenvalue weighted by Crippen LogP contribution is -2.15. The number of carbonyl (C=O) groups excluding carboxylic acids is 1. The minimum Gasteiger partial charge on any atom is -0.469 e. The third-order valence-corrected chi connectivity index (χ3v) is 6.57.